The number of hydrogen-bond donors (Lipinski definition) is 1. The molecule has 3 heterocycles. The summed E-state index contributed by atoms with van der Waals surface area (Å²) in [6.45, 7) is 4.41. The number of fused-ring (bicyclic) bond motifs is 1. The van der Waals surface area contributed by atoms with Crippen LogP contribution in [0.25, 0.3) is 5.95 Å². The van der Waals surface area contributed by atoms with Crippen molar-refractivity contribution >= 4 is 29.3 Å². The third kappa shape index (κ3) is 4.97. The highest BCUT2D eigenvalue weighted by Gasteiger charge is 2.27. The average Bonchev–Trinajstić information content (AvgIpc) is 3.13. The second-order valence-corrected chi connectivity index (χ2v) is 7.48. The van der Waals surface area contributed by atoms with Crippen molar-refractivity contribution in [2.45, 2.75) is 20.8 Å². The number of ether oxygens (including phenoxy) is 2. The molecule has 1 aliphatic rings. The molecular weight excluding hydrogens is 428 g/mol. The minimum absolute atomic E-state index is 0.172. The van der Waals surface area contributed by atoms with Gasteiger partial charge in [0.05, 0.1) is 11.4 Å². The molecule has 3 aromatic rings. The van der Waals surface area contributed by atoms with Gasteiger partial charge in [0.2, 0.25) is 0 Å². The molecule has 11 heteroatoms. The molecule has 0 saturated carbocycles. The van der Waals surface area contributed by atoms with E-state index < -0.39 is 18.5 Å². The van der Waals surface area contributed by atoms with Crippen LogP contribution in [0.3, 0.4) is 0 Å². The van der Waals surface area contributed by atoms with E-state index in [2.05, 4.69) is 20.4 Å². The Kier molecular flexibility index (Phi) is 6.03. The molecule has 11 nitrogen and oxygen atoms in total. The number of carbonyl (C=O) groups excluding carboxylic acids is 3. The lowest BCUT2D eigenvalue weighted by molar-refractivity contribution is -0.146. The number of esters is 1. The number of aromatic nitrogens is 4. The first-order chi connectivity index (χ1) is 15.8. The Morgan fingerprint density at radius 1 is 1.09 bits per heavy atom. The van der Waals surface area contributed by atoms with Crippen molar-refractivity contribution in [3.63, 3.8) is 0 Å². The minimum Gasteiger partial charge on any atom is -0.482 e. The van der Waals surface area contributed by atoms with Crippen LogP contribution in [0, 0.1) is 20.8 Å². The molecule has 2 aromatic heterocycles. The maximum absolute atomic E-state index is 12.4. The Bertz CT molecular complexity index is 1220. The van der Waals surface area contributed by atoms with Crippen LogP contribution in [0.2, 0.25) is 0 Å². The molecule has 2 amide bonds. The van der Waals surface area contributed by atoms with E-state index in [1.165, 1.54) is 9.58 Å². The highest BCUT2D eigenvalue weighted by Crippen LogP contribution is 2.31. The summed E-state index contributed by atoms with van der Waals surface area (Å²) in [7, 11) is 0. The summed E-state index contributed by atoms with van der Waals surface area (Å²) in [5, 5.41) is 6.99. The molecule has 0 radical (unpaired) electrons. The van der Waals surface area contributed by atoms with Gasteiger partial charge in [0, 0.05) is 17.5 Å². The van der Waals surface area contributed by atoms with Crippen LogP contribution < -0.4 is 15.0 Å². The van der Waals surface area contributed by atoms with Crippen molar-refractivity contribution in [2.75, 3.05) is 30.0 Å². The van der Waals surface area contributed by atoms with E-state index >= 15 is 0 Å². The zero-order chi connectivity index (χ0) is 23.5. The Hall–Kier alpha value is -4.28. The highest BCUT2D eigenvalue weighted by molar-refractivity contribution is 6.01. The van der Waals surface area contributed by atoms with E-state index in [0.717, 1.165) is 11.4 Å². The van der Waals surface area contributed by atoms with Crippen LogP contribution in [0.5, 0.6) is 5.75 Å². The molecule has 0 atom stereocenters. The van der Waals surface area contributed by atoms with E-state index in [0.29, 0.717) is 28.9 Å². The Balaban J connectivity index is 1.39. The van der Waals surface area contributed by atoms with Crippen LogP contribution in [-0.4, -0.2) is 57.3 Å². The fourth-order valence-electron chi connectivity index (χ4n) is 3.37. The van der Waals surface area contributed by atoms with Gasteiger partial charge in [-0.25, -0.2) is 9.97 Å². The second kappa shape index (κ2) is 9.07. The number of amides is 2. The third-order valence-corrected chi connectivity index (χ3v) is 4.72. The fraction of sp³-hybridized carbons (Fsp3) is 0.273. The molecule has 170 valence electrons. The van der Waals surface area contributed by atoms with Gasteiger partial charge in [-0.2, -0.15) is 9.78 Å². The predicted molar refractivity (Wildman–Crippen MR) is 117 cm³/mol. The van der Waals surface area contributed by atoms with Crippen LogP contribution in [0.15, 0.2) is 36.4 Å². The number of para-hydroxylation sites is 2. The van der Waals surface area contributed by atoms with Crippen LogP contribution >= 0.6 is 0 Å². The van der Waals surface area contributed by atoms with Crippen molar-refractivity contribution in [1.82, 2.24) is 19.7 Å². The Labute approximate surface area is 189 Å². The number of hydrogen-bond acceptors (Lipinski definition) is 8. The van der Waals surface area contributed by atoms with Crippen LogP contribution in [0.1, 0.15) is 17.1 Å². The van der Waals surface area contributed by atoms with Gasteiger partial charge in [0.15, 0.2) is 13.2 Å². The maximum atomic E-state index is 12.4. The lowest BCUT2D eigenvalue weighted by atomic mass is 10.2. The molecule has 0 aliphatic carbocycles. The van der Waals surface area contributed by atoms with E-state index in [-0.39, 0.29) is 19.1 Å². The van der Waals surface area contributed by atoms with E-state index in [9.17, 15) is 14.4 Å². The molecule has 0 bridgehead atoms. The Morgan fingerprint density at radius 3 is 2.58 bits per heavy atom. The van der Waals surface area contributed by atoms with Gasteiger partial charge in [0.1, 0.15) is 18.1 Å². The van der Waals surface area contributed by atoms with Gasteiger partial charge >= 0.3 is 5.97 Å². The fourth-order valence-corrected chi connectivity index (χ4v) is 3.37. The lowest BCUT2D eigenvalue weighted by Crippen LogP contribution is -2.42. The summed E-state index contributed by atoms with van der Waals surface area (Å²) in [6, 6.07) is 10.4. The van der Waals surface area contributed by atoms with Crippen LogP contribution in [-0.2, 0) is 19.1 Å². The van der Waals surface area contributed by atoms with E-state index in [4.69, 9.17) is 9.47 Å². The van der Waals surface area contributed by atoms with Gasteiger partial charge in [-0.15, -0.1) is 0 Å². The largest absolute Gasteiger partial charge is 0.482 e. The van der Waals surface area contributed by atoms with Gasteiger partial charge in [-0.1, -0.05) is 12.1 Å². The molecular formula is C22H22N6O5. The molecule has 1 N–H and O–H groups in total. The topological polar surface area (TPSA) is 129 Å². The smallest absolute Gasteiger partial charge is 0.326 e. The van der Waals surface area contributed by atoms with Crippen LogP contribution in [0.4, 0.5) is 11.5 Å². The zero-order valence-electron chi connectivity index (χ0n) is 18.4. The number of carbonyl (C=O) groups is 3. The van der Waals surface area contributed by atoms with Gasteiger partial charge in [-0.05, 0) is 39.0 Å². The molecule has 0 unspecified atom stereocenters. The highest BCUT2D eigenvalue weighted by atomic mass is 16.5. The van der Waals surface area contributed by atoms with Gasteiger partial charge < -0.3 is 14.8 Å². The predicted octanol–water partition coefficient (Wildman–Crippen LogP) is 1.49. The number of nitrogens with zero attached hydrogens (tertiary/aromatic N) is 5. The third-order valence-electron chi connectivity index (χ3n) is 4.72. The first kappa shape index (κ1) is 21.9. The van der Waals surface area contributed by atoms with Crippen molar-refractivity contribution in [3.05, 3.63) is 53.5 Å². The van der Waals surface area contributed by atoms with E-state index in [1.807, 2.05) is 19.9 Å². The number of aryl methyl sites for hydroxylation is 3. The maximum Gasteiger partial charge on any atom is 0.326 e. The zero-order valence-corrected chi connectivity index (χ0v) is 18.4. The average molecular weight is 450 g/mol. The number of anilines is 2. The van der Waals surface area contributed by atoms with Crippen molar-refractivity contribution in [3.8, 4) is 11.7 Å². The normalized spacial score (nSPS) is 12.7. The van der Waals surface area contributed by atoms with E-state index in [1.54, 1.807) is 37.3 Å². The van der Waals surface area contributed by atoms with Gasteiger partial charge in [0.25, 0.3) is 17.8 Å². The summed E-state index contributed by atoms with van der Waals surface area (Å²) in [6.07, 6.45) is 0. The molecule has 33 heavy (non-hydrogen) atoms. The monoisotopic (exact) mass is 450 g/mol. The molecule has 0 spiro atoms. The Morgan fingerprint density at radius 2 is 1.82 bits per heavy atom. The second-order valence-electron chi connectivity index (χ2n) is 7.48. The number of rotatable bonds is 6. The SMILES string of the molecule is Cc1cc(C)nc(-n2nc(C)cc2NC(=O)COC(=O)CN2C(=O)COc3ccccc32)n1. The standard InChI is InChI=1S/C22H22N6O5/c1-13-8-14(2)24-22(23-13)28-18(9-15(3)26-28)25-19(29)11-33-21(31)10-27-16-6-4-5-7-17(16)32-12-20(27)30/h4-9H,10-12H2,1-3H3,(H,25,29). The summed E-state index contributed by atoms with van der Waals surface area (Å²) < 4.78 is 11.9. The van der Waals surface area contributed by atoms with Crippen molar-refractivity contribution in [2.24, 2.45) is 0 Å². The summed E-state index contributed by atoms with van der Waals surface area (Å²) >= 11 is 0. The lowest BCUT2D eigenvalue weighted by Gasteiger charge is -2.28. The molecule has 0 saturated heterocycles. The number of nitrogens with one attached hydrogen (secondary N) is 1. The summed E-state index contributed by atoms with van der Waals surface area (Å²) in [5.41, 5.74) is 2.64. The first-order valence-electron chi connectivity index (χ1n) is 10.2. The molecule has 4 rings (SSSR count). The van der Waals surface area contributed by atoms with Crippen molar-refractivity contribution < 1.29 is 23.9 Å². The molecule has 1 aromatic carbocycles. The minimum atomic E-state index is -0.725. The van der Waals surface area contributed by atoms with Gasteiger partial charge in [-0.3, -0.25) is 19.3 Å². The molecule has 0 fully saturated rings. The summed E-state index contributed by atoms with van der Waals surface area (Å²) in [4.78, 5) is 46.9. The first-order valence-corrected chi connectivity index (χ1v) is 10.2. The molecule has 1 aliphatic heterocycles. The van der Waals surface area contributed by atoms with Crippen molar-refractivity contribution in [1.29, 1.82) is 0 Å². The summed E-state index contributed by atoms with van der Waals surface area (Å²) in [5.74, 6) is -0.504. The number of benzene rings is 1. The quantitative estimate of drug-likeness (QED) is 0.560.